The molecule has 19 heavy (non-hydrogen) atoms. The van der Waals surface area contributed by atoms with Crippen molar-refractivity contribution in [2.24, 2.45) is 0 Å². The highest BCUT2D eigenvalue weighted by molar-refractivity contribution is 9.10. The van der Waals surface area contributed by atoms with Crippen molar-refractivity contribution in [3.8, 4) is 5.75 Å². The zero-order valence-electron chi connectivity index (χ0n) is 9.47. The minimum absolute atomic E-state index is 0.144. The summed E-state index contributed by atoms with van der Waals surface area (Å²) in [5.41, 5.74) is -0.161. The smallest absolute Gasteiger partial charge is 0.262 e. The number of phenols is 1. The van der Waals surface area contributed by atoms with E-state index in [1.165, 1.54) is 30.3 Å². The van der Waals surface area contributed by atoms with Crippen molar-refractivity contribution < 1.29 is 17.9 Å². The van der Waals surface area contributed by atoms with Gasteiger partial charge < -0.3 is 5.11 Å². The van der Waals surface area contributed by atoms with E-state index in [4.69, 9.17) is 0 Å². The van der Waals surface area contributed by atoms with E-state index in [1.807, 2.05) is 0 Å². The van der Waals surface area contributed by atoms with Gasteiger partial charge in [-0.15, -0.1) is 0 Å². The number of halogens is 2. The number of benzene rings is 2. The number of hydrogen-bond acceptors (Lipinski definition) is 3. The van der Waals surface area contributed by atoms with Crippen LogP contribution >= 0.6 is 15.9 Å². The molecule has 0 aliphatic heterocycles. The Morgan fingerprint density at radius 3 is 2.53 bits per heavy atom. The molecule has 0 fully saturated rings. The van der Waals surface area contributed by atoms with Crippen LogP contribution in [0.15, 0.2) is 51.8 Å². The van der Waals surface area contributed by atoms with Crippen LogP contribution in [-0.4, -0.2) is 13.5 Å². The summed E-state index contributed by atoms with van der Waals surface area (Å²) in [7, 11) is -3.94. The lowest BCUT2D eigenvalue weighted by molar-refractivity contribution is 0.473. The molecule has 0 unspecified atom stereocenters. The molecule has 2 N–H and O–H groups in total. The molecule has 0 saturated carbocycles. The number of nitrogens with one attached hydrogen (secondary N) is 1. The summed E-state index contributed by atoms with van der Waals surface area (Å²) in [6.07, 6.45) is 0. The van der Waals surface area contributed by atoms with Crippen LogP contribution in [0.25, 0.3) is 0 Å². The largest absolute Gasteiger partial charge is 0.508 e. The second kappa shape index (κ2) is 5.18. The van der Waals surface area contributed by atoms with Crippen LogP contribution in [0.5, 0.6) is 5.75 Å². The monoisotopic (exact) mass is 345 g/mol. The fourth-order valence-corrected chi connectivity index (χ4v) is 2.87. The molecule has 4 nitrogen and oxygen atoms in total. The van der Waals surface area contributed by atoms with Crippen LogP contribution < -0.4 is 4.72 Å². The average molecular weight is 346 g/mol. The standard InChI is InChI=1S/C12H9BrFNO3S/c13-8-4-5-12(11(14)6-8)15-19(17,18)10-3-1-2-9(16)7-10/h1-7,15-16H. The molecule has 0 heterocycles. The molecule has 0 radical (unpaired) electrons. The van der Waals surface area contributed by atoms with Gasteiger partial charge in [0.15, 0.2) is 0 Å². The van der Waals surface area contributed by atoms with Gasteiger partial charge in [-0.05, 0) is 30.3 Å². The Labute approximate surface area is 118 Å². The van der Waals surface area contributed by atoms with Crippen LogP contribution in [0.4, 0.5) is 10.1 Å². The number of phenolic OH excluding ortho intramolecular Hbond substituents is 1. The third-order valence-corrected chi connectivity index (χ3v) is 4.16. The first-order valence-electron chi connectivity index (χ1n) is 5.15. The summed E-state index contributed by atoms with van der Waals surface area (Å²) in [5, 5.41) is 9.26. The third-order valence-electron chi connectivity index (χ3n) is 2.30. The summed E-state index contributed by atoms with van der Waals surface area (Å²) in [6.45, 7) is 0. The molecular weight excluding hydrogens is 337 g/mol. The fraction of sp³-hybridized carbons (Fsp3) is 0. The number of sulfonamides is 1. The van der Waals surface area contributed by atoms with Crippen LogP contribution in [0.3, 0.4) is 0 Å². The van der Waals surface area contributed by atoms with E-state index in [1.54, 1.807) is 0 Å². The molecule has 0 spiro atoms. The summed E-state index contributed by atoms with van der Waals surface area (Å²) in [4.78, 5) is -0.144. The third kappa shape index (κ3) is 3.24. The van der Waals surface area contributed by atoms with Crippen molar-refractivity contribution in [1.82, 2.24) is 0 Å². The maximum absolute atomic E-state index is 13.6. The number of anilines is 1. The van der Waals surface area contributed by atoms with Gasteiger partial charge in [0.05, 0.1) is 10.6 Å². The summed E-state index contributed by atoms with van der Waals surface area (Å²) >= 11 is 3.08. The lowest BCUT2D eigenvalue weighted by atomic mass is 10.3. The maximum Gasteiger partial charge on any atom is 0.262 e. The second-order valence-electron chi connectivity index (χ2n) is 3.73. The highest BCUT2D eigenvalue weighted by Gasteiger charge is 2.16. The van der Waals surface area contributed by atoms with Crippen molar-refractivity contribution in [3.63, 3.8) is 0 Å². The summed E-state index contributed by atoms with van der Waals surface area (Å²) < 4.78 is 40.2. The minimum Gasteiger partial charge on any atom is -0.508 e. The molecule has 0 atom stereocenters. The van der Waals surface area contributed by atoms with Crippen molar-refractivity contribution >= 4 is 31.6 Å². The molecule has 0 aliphatic rings. The predicted octanol–water partition coefficient (Wildman–Crippen LogP) is 3.09. The Kier molecular flexibility index (Phi) is 3.77. The molecule has 0 amide bonds. The summed E-state index contributed by atoms with van der Waals surface area (Å²) in [6, 6.07) is 9.10. The van der Waals surface area contributed by atoms with Gasteiger partial charge >= 0.3 is 0 Å². The Morgan fingerprint density at radius 2 is 1.89 bits per heavy atom. The maximum atomic E-state index is 13.6. The van der Waals surface area contributed by atoms with Crippen LogP contribution in [0.2, 0.25) is 0 Å². The van der Waals surface area contributed by atoms with Gasteiger partial charge in [-0.3, -0.25) is 4.72 Å². The molecule has 0 aliphatic carbocycles. The number of hydrogen-bond donors (Lipinski definition) is 2. The van der Waals surface area contributed by atoms with E-state index in [0.717, 1.165) is 12.1 Å². The Hall–Kier alpha value is -1.60. The van der Waals surface area contributed by atoms with E-state index in [9.17, 15) is 17.9 Å². The zero-order chi connectivity index (χ0) is 14.0. The summed E-state index contributed by atoms with van der Waals surface area (Å²) in [5.74, 6) is -0.878. The van der Waals surface area contributed by atoms with Crippen molar-refractivity contribution in [2.45, 2.75) is 4.90 Å². The zero-order valence-corrected chi connectivity index (χ0v) is 11.9. The van der Waals surface area contributed by atoms with Crippen LogP contribution in [0, 0.1) is 5.82 Å². The van der Waals surface area contributed by atoms with E-state index in [0.29, 0.717) is 4.47 Å². The van der Waals surface area contributed by atoms with Gasteiger partial charge in [0, 0.05) is 10.5 Å². The van der Waals surface area contributed by atoms with Crippen LogP contribution in [-0.2, 0) is 10.0 Å². The van der Waals surface area contributed by atoms with Crippen molar-refractivity contribution in [1.29, 1.82) is 0 Å². The second-order valence-corrected chi connectivity index (χ2v) is 6.33. The number of rotatable bonds is 3. The van der Waals surface area contributed by atoms with E-state index in [2.05, 4.69) is 20.7 Å². The van der Waals surface area contributed by atoms with Gasteiger partial charge in [-0.25, -0.2) is 12.8 Å². The lowest BCUT2D eigenvalue weighted by Crippen LogP contribution is -2.13. The molecule has 2 aromatic carbocycles. The molecule has 0 saturated heterocycles. The average Bonchev–Trinajstić information content (AvgIpc) is 2.33. The highest BCUT2D eigenvalue weighted by atomic mass is 79.9. The molecular formula is C12H9BrFNO3S. The fourth-order valence-electron chi connectivity index (χ4n) is 1.43. The Balaban J connectivity index is 2.36. The topological polar surface area (TPSA) is 66.4 Å². The molecule has 2 aromatic rings. The first-order valence-corrected chi connectivity index (χ1v) is 7.43. The van der Waals surface area contributed by atoms with E-state index in [-0.39, 0.29) is 16.3 Å². The Bertz CT molecular complexity index is 719. The highest BCUT2D eigenvalue weighted by Crippen LogP contribution is 2.23. The lowest BCUT2D eigenvalue weighted by Gasteiger charge is -2.09. The normalized spacial score (nSPS) is 11.3. The SMILES string of the molecule is O=S(=O)(Nc1ccc(Br)cc1F)c1cccc(O)c1. The molecule has 0 aromatic heterocycles. The quantitative estimate of drug-likeness (QED) is 0.898. The van der Waals surface area contributed by atoms with Gasteiger partial charge in [-0.1, -0.05) is 22.0 Å². The minimum atomic E-state index is -3.94. The van der Waals surface area contributed by atoms with Crippen LogP contribution in [0.1, 0.15) is 0 Å². The first kappa shape index (κ1) is 13.8. The van der Waals surface area contributed by atoms with Gasteiger partial charge in [-0.2, -0.15) is 0 Å². The van der Waals surface area contributed by atoms with Gasteiger partial charge in [0.1, 0.15) is 11.6 Å². The van der Waals surface area contributed by atoms with E-state index < -0.39 is 15.8 Å². The van der Waals surface area contributed by atoms with Crippen molar-refractivity contribution in [2.75, 3.05) is 4.72 Å². The van der Waals surface area contributed by atoms with Gasteiger partial charge in [0.2, 0.25) is 0 Å². The molecule has 2 rings (SSSR count). The van der Waals surface area contributed by atoms with Crippen molar-refractivity contribution in [3.05, 3.63) is 52.8 Å². The predicted molar refractivity (Wildman–Crippen MR) is 73.0 cm³/mol. The molecule has 7 heteroatoms. The molecule has 100 valence electrons. The van der Waals surface area contributed by atoms with E-state index >= 15 is 0 Å². The Morgan fingerprint density at radius 1 is 1.16 bits per heavy atom. The van der Waals surface area contributed by atoms with Gasteiger partial charge in [0.25, 0.3) is 10.0 Å². The number of aromatic hydroxyl groups is 1. The molecule has 0 bridgehead atoms. The first-order chi connectivity index (χ1) is 8.88.